The van der Waals surface area contributed by atoms with Crippen molar-refractivity contribution in [3.05, 3.63) is 57.7 Å². The van der Waals surface area contributed by atoms with Gasteiger partial charge in [0, 0.05) is 28.6 Å². The third kappa shape index (κ3) is 3.79. The van der Waals surface area contributed by atoms with Crippen LogP contribution in [-0.2, 0) is 27.2 Å². The summed E-state index contributed by atoms with van der Waals surface area (Å²) in [5.41, 5.74) is 3.77. The third-order valence-electron chi connectivity index (χ3n) is 4.45. The van der Waals surface area contributed by atoms with Crippen LogP contribution in [0.4, 0.5) is 5.69 Å². The summed E-state index contributed by atoms with van der Waals surface area (Å²) in [7, 11) is 0. The molecule has 0 saturated heterocycles. The number of aromatic nitrogens is 1. The maximum atomic E-state index is 12.7. The van der Waals surface area contributed by atoms with Gasteiger partial charge < -0.3 is 9.64 Å². The Morgan fingerprint density at radius 3 is 2.93 bits per heavy atom. The molecule has 0 saturated carbocycles. The molecule has 2 aromatic heterocycles. The molecule has 1 atom stereocenters. The first-order valence-corrected chi connectivity index (χ1v) is 10.5. The molecule has 0 spiro atoms. The van der Waals surface area contributed by atoms with Crippen molar-refractivity contribution in [2.45, 2.75) is 25.9 Å². The van der Waals surface area contributed by atoms with Gasteiger partial charge in [-0.1, -0.05) is 18.2 Å². The molecule has 5 nitrogen and oxygen atoms in total. The van der Waals surface area contributed by atoms with Crippen molar-refractivity contribution < 1.29 is 14.3 Å². The van der Waals surface area contributed by atoms with Crippen LogP contribution >= 0.6 is 22.7 Å². The van der Waals surface area contributed by atoms with Crippen LogP contribution < -0.4 is 4.90 Å². The van der Waals surface area contributed by atoms with Gasteiger partial charge in [0.1, 0.15) is 5.01 Å². The van der Waals surface area contributed by atoms with Crippen LogP contribution in [0.2, 0.25) is 0 Å². The summed E-state index contributed by atoms with van der Waals surface area (Å²) in [6.07, 6.45) is 0.0698. The van der Waals surface area contributed by atoms with Crippen LogP contribution in [-0.4, -0.2) is 29.5 Å². The zero-order valence-electron chi connectivity index (χ0n) is 14.8. The van der Waals surface area contributed by atoms with Gasteiger partial charge in [-0.25, -0.2) is 4.98 Å². The number of esters is 1. The van der Waals surface area contributed by atoms with Gasteiger partial charge in [-0.2, -0.15) is 11.3 Å². The summed E-state index contributed by atoms with van der Waals surface area (Å²) in [5.74, 6) is -0.629. The average molecular weight is 399 g/mol. The molecule has 1 aliphatic heterocycles. The highest BCUT2D eigenvalue weighted by Gasteiger charge is 2.29. The minimum atomic E-state index is -0.821. The first kappa shape index (κ1) is 17.9. The number of thiophene rings is 1. The predicted molar refractivity (Wildman–Crippen MR) is 107 cm³/mol. The first-order chi connectivity index (χ1) is 13.1. The highest BCUT2D eigenvalue weighted by Crippen LogP contribution is 2.28. The third-order valence-corrected chi connectivity index (χ3v) is 6.08. The van der Waals surface area contributed by atoms with Gasteiger partial charge in [0.15, 0.2) is 6.10 Å². The van der Waals surface area contributed by atoms with E-state index in [0.717, 1.165) is 28.2 Å². The van der Waals surface area contributed by atoms with Gasteiger partial charge in [0.05, 0.1) is 12.1 Å². The number of para-hydroxylation sites is 1. The van der Waals surface area contributed by atoms with Gasteiger partial charge in [-0.15, -0.1) is 11.3 Å². The van der Waals surface area contributed by atoms with E-state index in [4.69, 9.17) is 4.74 Å². The zero-order chi connectivity index (χ0) is 18.8. The molecule has 4 rings (SSSR count). The summed E-state index contributed by atoms with van der Waals surface area (Å²) in [4.78, 5) is 31.1. The molecule has 1 amide bonds. The quantitative estimate of drug-likeness (QED) is 0.611. The number of fused-ring (bicyclic) bond motifs is 1. The Balaban J connectivity index is 1.36. The number of amides is 1. The van der Waals surface area contributed by atoms with E-state index < -0.39 is 12.1 Å². The van der Waals surface area contributed by atoms with Gasteiger partial charge >= 0.3 is 5.97 Å². The lowest BCUT2D eigenvalue weighted by molar-refractivity contribution is -0.153. The Bertz CT molecular complexity index is 965. The average Bonchev–Trinajstić information content (AvgIpc) is 3.40. The number of nitrogens with zero attached hydrogens (tertiary/aromatic N) is 2. The predicted octanol–water partition coefficient (Wildman–Crippen LogP) is 3.94. The fraction of sp³-hybridized carbons (Fsp3) is 0.250. The number of carbonyl (C=O) groups is 2. The Hall–Kier alpha value is -2.51. The Morgan fingerprint density at radius 1 is 1.26 bits per heavy atom. The summed E-state index contributed by atoms with van der Waals surface area (Å²) < 4.78 is 5.38. The van der Waals surface area contributed by atoms with Crippen molar-refractivity contribution in [1.29, 1.82) is 0 Å². The highest BCUT2D eigenvalue weighted by molar-refractivity contribution is 7.14. The van der Waals surface area contributed by atoms with Crippen molar-refractivity contribution >= 4 is 40.2 Å². The summed E-state index contributed by atoms with van der Waals surface area (Å²) >= 11 is 3.11. The molecule has 3 heterocycles. The Kier molecular flexibility index (Phi) is 5.05. The number of hydrogen-bond acceptors (Lipinski definition) is 6. The van der Waals surface area contributed by atoms with Gasteiger partial charge in [-0.3, -0.25) is 9.59 Å². The van der Waals surface area contributed by atoms with Gasteiger partial charge in [-0.05, 0) is 36.4 Å². The van der Waals surface area contributed by atoms with Gasteiger partial charge in [0.25, 0.3) is 5.91 Å². The van der Waals surface area contributed by atoms with Crippen molar-refractivity contribution in [3.63, 3.8) is 0 Å². The summed E-state index contributed by atoms with van der Waals surface area (Å²) in [6, 6.07) is 9.83. The number of rotatable bonds is 5. The van der Waals surface area contributed by atoms with E-state index in [2.05, 4.69) is 4.98 Å². The Labute approximate surface area is 165 Å². The van der Waals surface area contributed by atoms with Crippen molar-refractivity contribution in [2.24, 2.45) is 0 Å². The number of benzene rings is 1. The number of anilines is 1. The maximum absolute atomic E-state index is 12.7. The largest absolute Gasteiger partial charge is 0.452 e. The SMILES string of the molecule is C[C@@H](OC(=O)Cc1csc(-c2ccsc2)n1)C(=O)N1CCc2ccccc21. The fourth-order valence-electron chi connectivity index (χ4n) is 3.13. The van der Waals surface area contributed by atoms with E-state index in [9.17, 15) is 9.59 Å². The lowest BCUT2D eigenvalue weighted by atomic mass is 10.2. The highest BCUT2D eigenvalue weighted by atomic mass is 32.1. The maximum Gasteiger partial charge on any atom is 0.312 e. The summed E-state index contributed by atoms with van der Waals surface area (Å²) in [5, 5.41) is 6.76. The molecule has 7 heteroatoms. The molecule has 27 heavy (non-hydrogen) atoms. The molecule has 1 aromatic carbocycles. The van der Waals surface area contributed by atoms with E-state index in [1.54, 1.807) is 23.2 Å². The molecule has 0 fully saturated rings. The monoisotopic (exact) mass is 398 g/mol. The first-order valence-electron chi connectivity index (χ1n) is 8.67. The number of ether oxygens (including phenoxy) is 1. The molecular formula is C20H18N2O3S2. The normalized spacial score (nSPS) is 14.0. The Morgan fingerprint density at radius 2 is 2.11 bits per heavy atom. The summed E-state index contributed by atoms with van der Waals surface area (Å²) in [6.45, 7) is 2.25. The molecule has 138 valence electrons. The van der Waals surface area contributed by atoms with E-state index >= 15 is 0 Å². The minimum Gasteiger partial charge on any atom is -0.452 e. The second kappa shape index (κ2) is 7.62. The standard InChI is InChI=1S/C20H18N2O3S2/c1-13(20(24)22-8-6-14-4-2-3-5-17(14)22)25-18(23)10-16-12-27-19(21-16)15-7-9-26-11-15/h2-5,7,9,11-13H,6,8,10H2,1H3/t13-/m1/s1. The van der Waals surface area contributed by atoms with Crippen LogP contribution in [0, 0.1) is 0 Å². The molecule has 0 aliphatic carbocycles. The van der Waals surface area contributed by atoms with Gasteiger partial charge in [0.2, 0.25) is 0 Å². The van der Waals surface area contributed by atoms with Crippen molar-refractivity contribution in [1.82, 2.24) is 4.98 Å². The molecule has 1 aliphatic rings. The second-order valence-electron chi connectivity index (χ2n) is 6.33. The number of thiazole rings is 1. The van der Waals surface area contributed by atoms with Crippen molar-refractivity contribution in [2.75, 3.05) is 11.4 Å². The fourth-order valence-corrected chi connectivity index (χ4v) is 4.66. The van der Waals surface area contributed by atoms with Crippen LogP contribution in [0.1, 0.15) is 18.2 Å². The van der Waals surface area contributed by atoms with Crippen LogP contribution in [0.15, 0.2) is 46.5 Å². The topological polar surface area (TPSA) is 59.5 Å². The molecule has 3 aromatic rings. The van der Waals surface area contributed by atoms with Crippen molar-refractivity contribution in [3.8, 4) is 10.6 Å². The smallest absolute Gasteiger partial charge is 0.312 e. The molecule has 0 unspecified atom stereocenters. The number of carbonyl (C=O) groups excluding carboxylic acids is 2. The molecule has 0 radical (unpaired) electrons. The zero-order valence-corrected chi connectivity index (χ0v) is 16.4. The molecule has 0 bridgehead atoms. The minimum absolute atomic E-state index is 0.0643. The van der Waals surface area contributed by atoms with E-state index in [0.29, 0.717) is 12.2 Å². The lowest BCUT2D eigenvalue weighted by Crippen LogP contribution is -2.39. The van der Waals surface area contributed by atoms with E-state index in [1.807, 2.05) is 46.5 Å². The number of hydrogen-bond donors (Lipinski definition) is 0. The lowest BCUT2D eigenvalue weighted by Gasteiger charge is -2.21. The van der Waals surface area contributed by atoms with E-state index in [1.165, 1.54) is 11.3 Å². The molecular weight excluding hydrogens is 380 g/mol. The molecule has 0 N–H and O–H groups in total. The van der Waals surface area contributed by atoms with Crippen LogP contribution in [0.5, 0.6) is 0 Å². The second-order valence-corrected chi connectivity index (χ2v) is 7.97. The van der Waals surface area contributed by atoms with Crippen LogP contribution in [0.25, 0.3) is 10.6 Å². The van der Waals surface area contributed by atoms with Crippen LogP contribution in [0.3, 0.4) is 0 Å². The van der Waals surface area contributed by atoms with E-state index in [-0.39, 0.29) is 12.3 Å².